The highest BCUT2D eigenvalue weighted by Crippen LogP contribution is 2.41. The van der Waals surface area contributed by atoms with Crippen LogP contribution in [0.1, 0.15) is 41.3 Å². The molecule has 0 bridgehead atoms. The van der Waals surface area contributed by atoms with Crippen molar-refractivity contribution < 1.29 is 13.2 Å². The van der Waals surface area contributed by atoms with E-state index in [0.717, 1.165) is 51.8 Å². The zero-order chi connectivity index (χ0) is 22.5. The van der Waals surface area contributed by atoms with E-state index in [-0.39, 0.29) is 5.95 Å². The van der Waals surface area contributed by atoms with Crippen LogP contribution in [0.15, 0.2) is 18.2 Å². The number of rotatable bonds is 7. The van der Waals surface area contributed by atoms with Gasteiger partial charge in [-0.1, -0.05) is 25.1 Å². The number of ether oxygens (including phenoxy) is 1. The van der Waals surface area contributed by atoms with E-state index in [9.17, 15) is 8.42 Å². The Morgan fingerprint density at radius 3 is 2.39 bits per heavy atom. The number of anilines is 1. The van der Waals surface area contributed by atoms with E-state index in [4.69, 9.17) is 4.74 Å². The van der Waals surface area contributed by atoms with Crippen molar-refractivity contribution >= 4 is 27.0 Å². The molecule has 1 fully saturated rings. The minimum absolute atomic E-state index is 0.0338. The van der Waals surface area contributed by atoms with Gasteiger partial charge in [0.1, 0.15) is 17.6 Å². The summed E-state index contributed by atoms with van der Waals surface area (Å²) >= 11 is 0. The molecule has 8 heteroatoms. The third kappa shape index (κ3) is 4.39. The fourth-order valence-corrected chi connectivity index (χ4v) is 4.55. The van der Waals surface area contributed by atoms with Crippen LogP contribution in [0, 0.1) is 39.5 Å². The smallest absolute Gasteiger partial charge is 0.243 e. The molecule has 2 unspecified atom stereocenters. The topological polar surface area (TPSA) is 86.1 Å². The Labute approximate surface area is 183 Å². The van der Waals surface area contributed by atoms with E-state index < -0.39 is 10.0 Å². The molecule has 2 heterocycles. The molecule has 1 aliphatic rings. The first-order valence-corrected chi connectivity index (χ1v) is 12.5. The fourth-order valence-electron chi connectivity index (χ4n) is 4.13. The third-order valence-corrected chi connectivity index (χ3v) is 6.95. The Hall–Kier alpha value is -2.61. The van der Waals surface area contributed by atoms with Gasteiger partial charge in [0.05, 0.1) is 6.26 Å². The third-order valence-electron chi connectivity index (χ3n) is 6.39. The average molecular weight is 443 g/mol. The van der Waals surface area contributed by atoms with Gasteiger partial charge in [-0.15, -0.1) is 0 Å². The molecule has 0 radical (unpaired) electrons. The first-order chi connectivity index (χ1) is 14.5. The molecule has 0 spiro atoms. The van der Waals surface area contributed by atoms with Gasteiger partial charge in [-0.3, -0.25) is 4.72 Å². The number of hydrogen-bond acceptors (Lipinski definition) is 5. The van der Waals surface area contributed by atoms with Gasteiger partial charge in [-0.2, -0.15) is 4.98 Å². The summed E-state index contributed by atoms with van der Waals surface area (Å²) in [5.74, 6) is 1.78. The van der Waals surface area contributed by atoms with Crippen LogP contribution >= 0.6 is 0 Å². The number of fused-ring (bicyclic) bond motifs is 1. The minimum Gasteiger partial charge on any atom is -0.471 e. The average Bonchev–Trinajstić information content (AvgIpc) is 3.32. The summed E-state index contributed by atoms with van der Waals surface area (Å²) in [6.45, 7) is 11.7. The molecule has 7 nitrogen and oxygen atoms in total. The molecule has 0 aliphatic heterocycles. The molecule has 31 heavy (non-hydrogen) atoms. The lowest BCUT2D eigenvalue weighted by Gasteiger charge is -2.15. The van der Waals surface area contributed by atoms with Gasteiger partial charge < -0.3 is 9.30 Å². The molecule has 0 amide bonds. The standard InChI is InChI=1S/C23H30N4O3S/c1-13-8-7-9-14(2)19(13)12-30-22-21-20(24-23(25-22)26-31(6,28)29)16(4)17(5)27(21)11-18-10-15(18)3/h7-9,15,18H,10-12H2,1-6H3,(H,24,25,26). The first kappa shape index (κ1) is 21.6. The first-order valence-electron chi connectivity index (χ1n) is 10.6. The zero-order valence-electron chi connectivity index (χ0n) is 19.0. The summed E-state index contributed by atoms with van der Waals surface area (Å²) in [5, 5.41) is 0. The van der Waals surface area contributed by atoms with Gasteiger partial charge in [0.15, 0.2) is 0 Å². The van der Waals surface area contributed by atoms with Gasteiger partial charge in [-0.05, 0) is 68.2 Å². The Morgan fingerprint density at radius 2 is 1.81 bits per heavy atom. The second kappa shape index (κ2) is 7.82. The zero-order valence-corrected chi connectivity index (χ0v) is 19.8. The van der Waals surface area contributed by atoms with Crippen LogP contribution in [0.3, 0.4) is 0 Å². The van der Waals surface area contributed by atoms with Crippen LogP contribution in [0.25, 0.3) is 11.0 Å². The van der Waals surface area contributed by atoms with Crippen molar-refractivity contribution in [3.05, 3.63) is 46.1 Å². The lowest BCUT2D eigenvalue weighted by molar-refractivity contribution is 0.295. The van der Waals surface area contributed by atoms with Gasteiger partial charge in [0.2, 0.25) is 21.9 Å². The van der Waals surface area contributed by atoms with Crippen LogP contribution in [0.4, 0.5) is 5.95 Å². The van der Waals surface area contributed by atoms with E-state index in [1.165, 1.54) is 6.42 Å². The van der Waals surface area contributed by atoms with Gasteiger partial charge >= 0.3 is 0 Å². The molecule has 0 saturated heterocycles. The molecular formula is C23H30N4O3S. The highest BCUT2D eigenvalue weighted by molar-refractivity contribution is 7.91. The summed E-state index contributed by atoms with van der Waals surface area (Å²) in [5.41, 5.74) is 7.08. The Kier molecular flexibility index (Phi) is 5.45. The molecule has 3 aromatic rings. The quantitative estimate of drug-likeness (QED) is 0.590. The van der Waals surface area contributed by atoms with E-state index in [1.807, 2.05) is 13.0 Å². The molecule has 166 valence electrons. The van der Waals surface area contributed by atoms with Gasteiger partial charge in [-0.25, -0.2) is 13.4 Å². The maximum absolute atomic E-state index is 11.8. The predicted octanol–water partition coefficient (Wildman–Crippen LogP) is 4.27. The predicted molar refractivity (Wildman–Crippen MR) is 123 cm³/mol. The van der Waals surface area contributed by atoms with E-state index in [2.05, 4.69) is 59.1 Å². The van der Waals surface area contributed by atoms with Crippen molar-refractivity contribution in [2.75, 3.05) is 11.0 Å². The number of hydrogen-bond donors (Lipinski definition) is 1. The maximum Gasteiger partial charge on any atom is 0.243 e. The van der Waals surface area contributed by atoms with E-state index in [0.29, 0.717) is 24.3 Å². The molecule has 4 rings (SSSR count). The SMILES string of the molecule is Cc1cccc(C)c1COc1nc(NS(C)(=O)=O)nc2c(C)c(C)n(CC3CC3C)c12. The summed E-state index contributed by atoms with van der Waals surface area (Å²) in [4.78, 5) is 9.01. The van der Waals surface area contributed by atoms with Crippen LogP contribution in [0.2, 0.25) is 0 Å². The van der Waals surface area contributed by atoms with E-state index >= 15 is 0 Å². The molecule has 1 saturated carbocycles. The van der Waals surface area contributed by atoms with Crippen molar-refractivity contribution in [1.29, 1.82) is 0 Å². The van der Waals surface area contributed by atoms with Crippen LogP contribution in [-0.4, -0.2) is 29.2 Å². The minimum atomic E-state index is -3.51. The Balaban J connectivity index is 1.82. The number of aryl methyl sites for hydroxylation is 3. The number of nitrogens with zero attached hydrogens (tertiary/aromatic N) is 3. The molecule has 2 aromatic heterocycles. The fraction of sp³-hybridized carbons (Fsp3) is 0.478. The highest BCUT2D eigenvalue weighted by atomic mass is 32.2. The molecule has 1 aromatic carbocycles. The van der Waals surface area contributed by atoms with E-state index in [1.54, 1.807) is 0 Å². The van der Waals surface area contributed by atoms with Gasteiger partial charge in [0, 0.05) is 12.2 Å². The second-order valence-corrected chi connectivity index (χ2v) is 10.6. The number of sulfonamides is 1. The number of benzene rings is 1. The van der Waals surface area contributed by atoms with Gasteiger partial charge in [0.25, 0.3) is 0 Å². The number of aromatic nitrogens is 3. The monoisotopic (exact) mass is 442 g/mol. The van der Waals surface area contributed by atoms with Crippen molar-refractivity contribution in [3.8, 4) is 5.88 Å². The molecule has 2 atom stereocenters. The van der Waals surface area contributed by atoms with Crippen molar-refractivity contribution in [1.82, 2.24) is 14.5 Å². The lowest BCUT2D eigenvalue weighted by Crippen LogP contribution is -2.14. The van der Waals surface area contributed by atoms with Crippen molar-refractivity contribution in [2.45, 2.75) is 54.2 Å². The second-order valence-electron chi connectivity index (χ2n) is 8.88. The molecule has 1 aliphatic carbocycles. The normalized spacial score (nSPS) is 18.4. The van der Waals surface area contributed by atoms with Crippen molar-refractivity contribution in [2.24, 2.45) is 11.8 Å². The largest absolute Gasteiger partial charge is 0.471 e. The summed E-state index contributed by atoms with van der Waals surface area (Å²) in [7, 11) is -3.51. The Bertz CT molecular complexity index is 1240. The molecular weight excluding hydrogens is 412 g/mol. The summed E-state index contributed by atoms with van der Waals surface area (Å²) < 4.78 is 34.6. The van der Waals surface area contributed by atoms with Crippen LogP contribution < -0.4 is 9.46 Å². The van der Waals surface area contributed by atoms with Crippen LogP contribution in [0.5, 0.6) is 5.88 Å². The molecule has 1 N–H and O–H groups in total. The summed E-state index contributed by atoms with van der Waals surface area (Å²) in [6.07, 6.45) is 2.31. The maximum atomic E-state index is 11.8. The highest BCUT2D eigenvalue weighted by Gasteiger charge is 2.34. The summed E-state index contributed by atoms with van der Waals surface area (Å²) in [6, 6.07) is 6.15. The number of nitrogens with one attached hydrogen (secondary N) is 1. The Morgan fingerprint density at radius 1 is 1.16 bits per heavy atom. The van der Waals surface area contributed by atoms with Crippen LogP contribution in [-0.2, 0) is 23.2 Å². The lowest BCUT2D eigenvalue weighted by atomic mass is 10.0. The van der Waals surface area contributed by atoms with Crippen molar-refractivity contribution in [3.63, 3.8) is 0 Å².